The molecule has 7 nitrogen and oxygen atoms in total. The van der Waals surface area contributed by atoms with Gasteiger partial charge in [-0.15, -0.1) is 0 Å². The number of thioether (sulfide) groups is 1. The molecule has 2 amide bonds. The van der Waals surface area contributed by atoms with Crippen molar-refractivity contribution in [1.82, 2.24) is 9.88 Å². The third-order valence-corrected chi connectivity index (χ3v) is 9.52. The highest BCUT2D eigenvalue weighted by Crippen LogP contribution is 2.49. The molecule has 184 valence electrons. The molecule has 0 bridgehead atoms. The zero-order chi connectivity index (χ0) is 24.1. The Morgan fingerprint density at radius 3 is 2.53 bits per heavy atom. The monoisotopic (exact) mass is 503 g/mol. The van der Waals surface area contributed by atoms with Crippen molar-refractivity contribution in [3.63, 3.8) is 0 Å². The van der Waals surface area contributed by atoms with E-state index >= 15 is 0 Å². The number of nitrogens with zero attached hydrogens (tertiary/aromatic N) is 2. The first kappa shape index (κ1) is 24.9. The summed E-state index contributed by atoms with van der Waals surface area (Å²) in [5, 5.41) is 13.1. The second kappa shape index (κ2) is 11.0. The molecule has 2 aromatic rings. The van der Waals surface area contributed by atoms with Gasteiger partial charge in [-0.1, -0.05) is 42.2 Å². The third kappa shape index (κ3) is 5.86. The van der Waals surface area contributed by atoms with E-state index in [0.29, 0.717) is 30.4 Å². The summed E-state index contributed by atoms with van der Waals surface area (Å²) in [4.78, 5) is 31.4. The van der Waals surface area contributed by atoms with Crippen LogP contribution in [0.3, 0.4) is 0 Å². The molecule has 0 unspecified atom stereocenters. The predicted molar refractivity (Wildman–Crippen MR) is 136 cm³/mol. The first-order valence-corrected chi connectivity index (χ1v) is 13.6. The van der Waals surface area contributed by atoms with Gasteiger partial charge in [-0.05, 0) is 75.0 Å². The standard InChI is InChI=1S/C25H33N3O4S2/c1-17-4-8-19(9-5-17)28(15-12-18-6-10-20(32-2)11-7-18)24(31)27-23-26-16-21(33-23)34-25(22(29)30)13-3-14-25/h6-7,10-11,16-17,19H,3-5,8-9,12-15H2,1-2H3,(H,29,30)(H,26,27,31)/t17-,19-. The number of rotatable bonds is 9. The number of thiazole rings is 1. The molecule has 2 N–H and O–H groups in total. The molecule has 2 aliphatic carbocycles. The minimum atomic E-state index is -0.765. The zero-order valence-electron chi connectivity index (χ0n) is 19.8. The molecule has 1 heterocycles. The predicted octanol–water partition coefficient (Wildman–Crippen LogP) is 5.91. The molecule has 2 saturated carbocycles. The van der Waals surface area contributed by atoms with Gasteiger partial charge in [0.25, 0.3) is 0 Å². The number of ether oxygens (including phenoxy) is 1. The van der Waals surface area contributed by atoms with Gasteiger partial charge in [0.1, 0.15) is 10.5 Å². The van der Waals surface area contributed by atoms with E-state index in [2.05, 4.69) is 17.2 Å². The number of hydrogen-bond acceptors (Lipinski definition) is 6. The van der Waals surface area contributed by atoms with Crippen LogP contribution in [0.1, 0.15) is 57.4 Å². The quantitative estimate of drug-likeness (QED) is 0.442. The second-order valence-corrected chi connectivity index (χ2v) is 12.1. The van der Waals surface area contributed by atoms with E-state index in [1.54, 1.807) is 13.3 Å². The Hall–Kier alpha value is -2.26. The van der Waals surface area contributed by atoms with Crippen molar-refractivity contribution in [2.45, 2.75) is 73.3 Å². The van der Waals surface area contributed by atoms with Crippen molar-refractivity contribution >= 4 is 40.2 Å². The van der Waals surface area contributed by atoms with Crippen LogP contribution < -0.4 is 10.1 Å². The number of anilines is 1. The molecule has 0 atom stereocenters. The van der Waals surface area contributed by atoms with Gasteiger partial charge in [-0.25, -0.2) is 9.78 Å². The third-order valence-electron chi connectivity index (χ3n) is 7.03. The number of aromatic nitrogens is 1. The van der Waals surface area contributed by atoms with Crippen molar-refractivity contribution in [1.29, 1.82) is 0 Å². The number of benzene rings is 1. The van der Waals surface area contributed by atoms with E-state index in [0.717, 1.165) is 54.0 Å². The maximum Gasteiger partial charge on any atom is 0.323 e. The largest absolute Gasteiger partial charge is 0.497 e. The Morgan fingerprint density at radius 1 is 1.24 bits per heavy atom. The molecular formula is C25H33N3O4S2. The molecule has 0 aliphatic heterocycles. The molecule has 1 aromatic carbocycles. The lowest BCUT2D eigenvalue weighted by molar-refractivity contribution is -0.142. The SMILES string of the molecule is COc1ccc(CCN(C(=O)Nc2ncc(SC3(C(=O)O)CCC3)s2)[C@H]2CC[C@H](C)CC2)cc1. The molecule has 0 saturated heterocycles. The summed E-state index contributed by atoms with van der Waals surface area (Å²) in [5.74, 6) is 0.761. The summed E-state index contributed by atoms with van der Waals surface area (Å²) in [5.41, 5.74) is 1.16. The molecule has 1 aromatic heterocycles. The van der Waals surface area contributed by atoms with Crippen molar-refractivity contribution in [3.8, 4) is 5.75 Å². The van der Waals surface area contributed by atoms with Crippen molar-refractivity contribution in [2.75, 3.05) is 19.0 Å². The number of methoxy groups -OCH3 is 1. The van der Waals surface area contributed by atoms with Crippen LogP contribution in [0, 0.1) is 5.92 Å². The van der Waals surface area contributed by atoms with E-state index in [4.69, 9.17) is 4.74 Å². The maximum atomic E-state index is 13.3. The molecule has 9 heteroatoms. The van der Waals surface area contributed by atoms with Crippen LogP contribution in [0.15, 0.2) is 34.7 Å². The van der Waals surface area contributed by atoms with E-state index in [-0.39, 0.29) is 12.1 Å². The van der Waals surface area contributed by atoms with Gasteiger partial charge in [0, 0.05) is 12.6 Å². The molecular weight excluding hydrogens is 470 g/mol. The van der Waals surface area contributed by atoms with Crippen LogP contribution in [0.5, 0.6) is 5.75 Å². The van der Waals surface area contributed by atoms with Crippen molar-refractivity contribution in [2.24, 2.45) is 5.92 Å². The summed E-state index contributed by atoms with van der Waals surface area (Å²) in [6.45, 7) is 2.91. The fourth-order valence-corrected chi connectivity index (χ4v) is 7.12. The fraction of sp³-hybridized carbons (Fsp3) is 0.560. The van der Waals surface area contributed by atoms with Gasteiger partial charge in [0.15, 0.2) is 5.13 Å². The van der Waals surface area contributed by atoms with Gasteiger partial charge < -0.3 is 14.7 Å². The number of urea groups is 1. The number of carbonyl (C=O) groups is 2. The lowest BCUT2D eigenvalue weighted by atomic mass is 9.84. The highest BCUT2D eigenvalue weighted by Gasteiger charge is 2.46. The van der Waals surface area contributed by atoms with Gasteiger partial charge in [-0.3, -0.25) is 10.1 Å². The van der Waals surface area contributed by atoms with Gasteiger partial charge in [0.2, 0.25) is 0 Å². The summed E-state index contributed by atoms with van der Waals surface area (Å²) in [6, 6.07) is 8.07. The van der Waals surface area contributed by atoms with Crippen LogP contribution in [0.4, 0.5) is 9.93 Å². The summed E-state index contributed by atoms with van der Waals surface area (Å²) >= 11 is 2.72. The van der Waals surface area contributed by atoms with Crippen LogP contribution in [0.2, 0.25) is 0 Å². The first-order valence-electron chi connectivity index (χ1n) is 12.0. The van der Waals surface area contributed by atoms with E-state index in [9.17, 15) is 14.7 Å². The molecule has 2 aliphatic rings. The number of amides is 2. The Morgan fingerprint density at radius 2 is 1.94 bits per heavy atom. The second-order valence-electron chi connectivity index (χ2n) is 9.37. The number of carboxylic acids is 1. The Labute approximate surface area is 209 Å². The minimum Gasteiger partial charge on any atom is -0.497 e. The number of hydrogen-bond donors (Lipinski definition) is 2. The van der Waals surface area contributed by atoms with Crippen LogP contribution in [0.25, 0.3) is 0 Å². The summed E-state index contributed by atoms with van der Waals surface area (Å²) in [6.07, 6.45) is 9.01. The Bertz CT molecular complexity index is 982. The molecule has 4 rings (SSSR count). The average Bonchev–Trinajstić information content (AvgIpc) is 3.24. The number of carbonyl (C=O) groups excluding carboxylic acids is 1. The van der Waals surface area contributed by atoms with Crippen LogP contribution in [-0.2, 0) is 11.2 Å². The molecule has 0 radical (unpaired) electrons. The number of nitrogens with one attached hydrogen (secondary N) is 1. The van der Waals surface area contributed by atoms with Crippen molar-refractivity contribution < 1.29 is 19.4 Å². The smallest absolute Gasteiger partial charge is 0.323 e. The number of carboxylic acid groups (broad SMARTS) is 1. The first-order chi connectivity index (χ1) is 16.4. The lowest BCUT2D eigenvalue weighted by Gasteiger charge is -2.36. The minimum absolute atomic E-state index is 0.129. The summed E-state index contributed by atoms with van der Waals surface area (Å²) in [7, 11) is 1.65. The Kier molecular flexibility index (Phi) is 8.03. The van der Waals surface area contributed by atoms with E-state index in [1.165, 1.54) is 23.1 Å². The normalized spacial score (nSPS) is 21.4. The summed E-state index contributed by atoms with van der Waals surface area (Å²) < 4.78 is 5.33. The van der Waals surface area contributed by atoms with E-state index < -0.39 is 10.7 Å². The Balaban J connectivity index is 1.41. The molecule has 34 heavy (non-hydrogen) atoms. The van der Waals surface area contributed by atoms with Gasteiger partial charge >= 0.3 is 12.0 Å². The highest BCUT2D eigenvalue weighted by molar-refractivity contribution is 8.03. The molecule has 0 spiro atoms. The van der Waals surface area contributed by atoms with Crippen LogP contribution in [-0.4, -0.2) is 51.4 Å². The van der Waals surface area contributed by atoms with Crippen molar-refractivity contribution in [3.05, 3.63) is 36.0 Å². The lowest BCUT2D eigenvalue weighted by Crippen LogP contribution is -2.45. The van der Waals surface area contributed by atoms with Gasteiger partial charge in [-0.2, -0.15) is 0 Å². The van der Waals surface area contributed by atoms with E-state index in [1.807, 2.05) is 29.2 Å². The molecule has 2 fully saturated rings. The fourth-order valence-electron chi connectivity index (χ4n) is 4.62. The topological polar surface area (TPSA) is 91.8 Å². The average molecular weight is 504 g/mol. The maximum absolute atomic E-state index is 13.3. The highest BCUT2D eigenvalue weighted by atomic mass is 32.2. The zero-order valence-corrected chi connectivity index (χ0v) is 21.4. The van der Waals surface area contributed by atoms with Gasteiger partial charge in [0.05, 0.1) is 17.5 Å². The van der Waals surface area contributed by atoms with Crippen LogP contribution >= 0.6 is 23.1 Å². The number of aliphatic carboxylic acids is 1.